The van der Waals surface area contributed by atoms with Gasteiger partial charge in [-0.25, -0.2) is 4.39 Å². The Morgan fingerprint density at radius 2 is 2.12 bits per heavy atom. The Bertz CT molecular complexity index is 729. The highest BCUT2D eigenvalue weighted by molar-refractivity contribution is 6.30. The average molecular weight is 379 g/mol. The van der Waals surface area contributed by atoms with Crippen molar-refractivity contribution in [2.24, 2.45) is 4.99 Å². The van der Waals surface area contributed by atoms with Crippen LogP contribution < -0.4 is 10.6 Å². The zero-order valence-electron chi connectivity index (χ0n) is 14.8. The average Bonchev–Trinajstić information content (AvgIpc) is 3.35. The van der Waals surface area contributed by atoms with E-state index in [1.54, 1.807) is 25.4 Å². The first-order valence-corrected chi connectivity index (χ1v) is 9.21. The first-order valence-electron chi connectivity index (χ1n) is 8.83. The minimum absolute atomic E-state index is 0.124. The van der Waals surface area contributed by atoms with Crippen LogP contribution in [-0.2, 0) is 6.54 Å². The number of hydrogen-bond donors (Lipinski definition) is 2. The van der Waals surface area contributed by atoms with Gasteiger partial charge in [-0.1, -0.05) is 17.7 Å². The Balaban J connectivity index is 1.57. The van der Waals surface area contributed by atoms with Crippen molar-refractivity contribution in [3.8, 4) is 0 Å². The fourth-order valence-electron chi connectivity index (χ4n) is 3.19. The number of guanidine groups is 1. The van der Waals surface area contributed by atoms with Crippen LogP contribution in [-0.4, -0.2) is 37.5 Å². The lowest BCUT2D eigenvalue weighted by molar-refractivity contribution is 0.215. The third-order valence-electron chi connectivity index (χ3n) is 4.58. The molecule has 3 rings (SSSR count). The minimum atomic E-state index is -0.412. The maximum absolute atomic E-state index is 13.3. The second-order valence-corrected chi connectivity index (χ2v) is 6.74. The summed E-state index contributed by atoms with van der Waals surface area (Å²) in [6.45, 7) is 3.35. The van der Waals surface area contributed by atoms with E-state index in [9.17, 15) is 4.39 Å². The summed E-state index contributed by atoms with van der Waals surface area (Å²) in [7, 11) is 1.73. The molecule has 2 aromatic rings. The van der Waals surface area contributed by atoms with Crippen LogP contribution in [0.4, 0.5) is 4.39 Å². The highest BCUT2D eigenvalue weighted by atomic mass is 35.5. The lowest BCUT2D eigenvalue weighted by atomic mass is 10.2. The van der Waals surface area contributed by atoms with Crippen molar-refractivity contribution in [2.45, 2.75) is 25.4 Å². The maximum Gasteiger partial charge on any atom is 0.191 e. The topological polar surface area (TPSA) is 52.8 Å². The van der Waals surface area contributed by atoms with Gasteiger partial charge in [-0.3, -0.25) is 9.89 Å². The summed E-state index contributed by atoms with van der Waals surface area (Å²) in [5.41, 5.74) is 0.890. The molecule has 0 saturated carbocycles. The number of rotatable bonds is 6. The highest BCUT2D eigenvalue weighted by Crippen LogP contribution is 2.24. The van der Waals surface area contributed by atoms with Crippen molar-refractivity contribution in [1.29, 1.82) is 0 Å². The summed E-state index contributed by atoms with van der Waals surface area (Å²) in [5, 5.41) is 6.72. The van der Waals surface area contributed by atoms with Crippen molar-refractivity contribution in [2.75, 3.05) is 26.7 Å². The van der Waals surface area contributed by atoms with Crippen LogP contribution in [0.1, 0.15) is 30.2 Å². The molecule has 2 N–H and O–H groups in total. The predicted molar refractivity (Wildman–Crippen MR) is 102 cm³/mol. The molecule has 2 heterocycles. The second-order valence-electron chi connectivity index (χ2n) is 6.33. The SMILES string of the molecule is CN=C(NCc1ccc(F)c(Cl)c1)NCC(c1ccco1)N1CCCC1. The molecule has 0 amide bonds. The largest absolute Gasteiger partial charge is 0.468 e. The van der Waals surface area contributed by atoms with Gasteiger partial charge < -0.3 is 15.1 Å². The molecular formula is C19H24ClFN4O. The van der Waals surface area contributed by atoms with Crippen LogP contribution in [0.25, 0.3) is 0 Å². The molecule has 140 valence electrons. The number of halogens is 2. The molecule has 0 radical (unpaired) electrons. The maximum atomic E-state index is 13.3. The van der Waals surface area contributed by atoms with Crippen LogP contribution in [0.2, 0.25) is 5.02 Å². The molecule has 5 nitrogen and oxygen atoms in total. The number of aliphatic imine (C=N–C) groups is 1. The Labute approximate surface area is 158 Å². The predicted octanol–water partition coefficient (Wildman–Crippen LogP) is 3.57. The number of furan rings is 1. The van der Waals surface area contributed by atoms with Crippen molar-refractivity contribution in [1.82, 2.24) is 15.5 Å². The van der Waals surface area contributed by atoms with E-state index in [2.05, 4.69) is 20.5 Å². The van der Waals surface area contributed by atoms with Gasteiger partial charge >= 0.3 is 0 Å². The zero-order chi connectivity index (χ0) is 18.4. The van der Waals surface area contributed by atoms with Crippen molar-refractivity contribution < 1.29 is 8.81 Å². The molecule has 7 heteroatoms. The summed E-state index contributed by atoms with van der Waals surface area (Å²) < 4.78 is 18.9. The molecule has 1 fully saturated rings. The molecule has 1 unspecified atom stereocenters. The molecule has 26 heavy (non-hydrogen) atoms. The van der Waals surface area contributed by atoms with Crippen molar-refractivity contribution in [3.05, 3.63) is 58.8 Å². The molecule has 1 aliphatic heterocycles. The normalized spacial score (nSPS) is 16.7. The smallest absolute Gasteiger partial charge is 0.191 e. The zero-order valence-corrected chi connectivity index (χ0v) is 15.6. The molecule has 0 spiro atoms. The van der Waals surface area contributed by atoms with Gasteiger partial charge in [0.15, 0.2) is 5.96 Å². The summed E-state index contributed by atoms with van der Waals surface area (Å²) in [6.07, 6.45) is 4.15. The number of likely N-dealkylation sites (tertiary alicyclic amines) is 1. The van der Waals surface area contributed by atoms with Crippen LogP contribution in [0.3, 0.4) is 0 Å². The Hall–Kier alpha value is -2.05. The molecule has 1 aliphatic rings. The summed E-state index contributed by atoms with van der Waals surface area (Å²) in [6, 6.07) is 8.80. The first kappa shape index (κ1) is 18.7. The van der Waals surface area contributed by atoms with Crippen LogP contribution in [0, 0.1) is 5.82 Å². The van der Waals surface area contributed by atoms with E-state index in [-0.39, 0.29) is 11.1 Å². The molecule has 1 aromatic heterocycles. The molecule has 1 aromatic carbocycles. The highest BCUT2D eigenvalue weighted by Gasteiger charge is 2.25. The second kappa shape index (κ2) is 9.05. The van der Waals surface area contributed by atoms with E-state index in [4.69, 9.17) is 16.0 Å². The number of benzene rings is 1. The standard InChI is InChI=1S/C19H24ClFN4O/c1-22-19(23-12-14-6-7-16(21)15(20)11-14)24-13-17(18-5-4-10-26-18)25-8-2-3-9-25/h4-7,10-11,17H,2-3,8-9,12-13H2,1H3,(H2,22,23,24). The van der Waals surface area contributed by atoms with Crippen LogP contribution in [0.15, 0.2) is 46.0 Å². The van der Waals surface area contributed by atoms with Crippen LogP contribution in [0.5, 0.6) is 0 Å². The van der Waals surface area contributed by atoms with Gasteiger partial charge in [0.25, 0.3) is 0 Å². The van der Waals surface area contributed by atoms with E-state index in [1.807, 2.05) is 12.1 Å². The molecule has 0 aliphatic carbocycles. The van der Waals surface area contributed by atoms with E-state index in [0.29, 0.717) is 19.0 Å². The van der Waals surface area contributed by atoms with Gasteiger partial charge in [-0.05, 0) is 55.8 Å². The lowest BCUT2D eigenvalue weighted by Gasteiger charge is -2.26. The summed E-state index contributed by atoms with van der Waals surface area (Å²) in [4.78, 5) is 6.69. The van der Waals surface area contributed by atoms with Gasteiger partial charge in [-0.2, -0.15) is 0 Å². The summed E-state index contributed by atoms with van der Waals surface area (Å²) >= 11 is 5.83. The monoisotopic (exact) mass is 378 g/mol. The first-order chi connectivity index (χ1) is 12.7. The van der Waals surface area contributed by atoms with Gasteiger partial charge in [0, 0.05) is 20.1 Å². The third kappa shape index (κ3) is 4.77. The Morgan fingerprint density at radius 3 is 2.77 bits per heavy atom. The van der Waals surface area contributed by atoms with Crippen molar-refractivity contribution >= 4 is 17.6 Å². The number of nitrogens with zero attached hydrogens (tertiary/aromatic N) is 2. The van der Waals surface area contributed by atoms with E-state index >= 15 is 0 Å². The lowest BCUT2D eigenvalue weighted by Crippen LogP contribution is -2.42. The number of nitrogens with one attached hydrogen (secondary N) is 2. The van der Waals surface area contributed by atoms with Crippen LogP contribution >= 0.6 is 11.6 Å². The number of hydrogen-bond acceptors (Lipinski definition) is 3. The van der Waals surface area contributed by atoms with Gasteiger partial charge in [0.05, 0.1) is 17.3 Å². The van der Waals surface area contributed by atoms with E-state index < -0.39 is 5.82 Å². The van der Waals surface area contributed by atoms with Gasteiger partial charge in [-0.15, -0.1) is 0 Å². The molecule has 1 saturated heterocycles. The molecule has 1 atom stereocenters. The van der Waals surface area contributed by atoms with E-state index in [1.165, 1.54) is 18.9 Å². The van der Waals surface area contributed by atoms with Gasteiger partial charge in [0.2, 0.25) is 0 Å². The van der Waals surface area contributed by atoms with Crippen molar-refractivity contribution in [3.63, 3.8) is 0 Å². The summed E-state index contributed by atoms with van der Waals surface area (Å²) in [5.74, 6) is 1.23. The fraction of sp³-hybridized carbons (Fsp3) is 0.421. The Kier molecular flexibility index (Phi) is 6.52. The molecule has 0 bridgehead atoms. The Morgan fingerprint density at radius 1 is 1.31 bits per heavy atom. The fourth-order valence-corrected chi connectivity index (χ4v) is 3.40. The van der Waals surface area contributed by atoms with Gasteiger partial charge in [0.1, 0.15) is 11.6 Å². The molecular weight excluding hydrogens is 355 g/mol. The minimum Gasteiger partial charge on any atom is -0.468 e. The third-order valence-corrected chi connectivity index (χ3v) is 4.87. The van der Waals surface area contributed by atoms with E-state index in [0.717, 1.165) is 24.4 Å². The quantitative estimate of drug-likeness (QED) is 0.596.